The van der Waals surface area contributed by atoms with Gasteiger partial charge in [-0.25, -0.2) is 4.39 Å². The Bertz CT molecular complexity index is 1360. The number of carbonyl (C=O) groups is 2. The van der Waals surface area contributed by atoms with Crippen molar-refractivity contribution in [1.82, 2.24) is 5.32 Å². The van der Waals surface area contributed by atoms with Gasteiger partial charge in [-0.15, -0.1) is 11.3 Å². The smallest absolute Gasteiger partial charge is 0.254 e. The molecule has 0 fully saturated rings. The first-order chi connectivity index (χ1) is 16.9. The number of nitrogens with one attached hydrogen (secondary N) is 2. The number of anilines is 1. The third-order valence-corrected chi connectivity index (χ3v) is 7.56. The van der Waals surface area contributed by atoms with Crippen LogP contribution in [0, 0.1) is 5.82 Å². The monoisotopic (exact) mass is 488 g/mol. The van der Waals surface area contributed by atoms with E-state index in [1.807, 2.05) is 42.6 Å². The van der Waals surface area contributed by atoms with Gasteiger partial charge in [-0.3, -0.25) is 9.59 Å². The first kappa shape index (κ1) is 23.1. The number of ketones is 1. The molecule has 2 aliphatic rings. The summed E-state index contributed by atoms with van der Waals surface area (Å²) < 4.78 is 19.2. The molecule has 0 saturated heterocycles. The molecule has 1 aromatic heterocycles. The van der Waals surface area contributed by atoms with Gasteiger partial charge < -0.3 is 15.4 Å². The number of methoxy groups -OCH3 is 1. The Morgan fingerprint density at radius 2 is 1.94 bits per heavy atom. The molecule has 178 valence electrons. The number of allylic oxidation sites excluding steroid dienone is 3. The van der Waals surface area contributed by atoms with Crippen molar-refractivity contribution in [2.75, 3.05) is 12.4 Å². The normalized spacial score (nSPS) is 19.8. The Hall–Kier alpha value is -3.71. The number of thiophene rings is 1. The lowest BCUT2D eigenvalue weighted by molar-refractivity contribution is -0.116. The molecule has 0 unspecified atom stereocenters. The van der Waals surface area contributed by atoms with Gasteiger partial charge in [0, 0.05) is 51.4 Å². The van der Waals surface area contributed by atoms with Crippen molar-refractivity contribution < 1.29 is 18.7 Å². The van der Waals surface area contributed by atoms with Gasteiger partial charge >= 0.3 is 0 Å². The molecule has 1 aliphatic carbocycles. The SMILES string of the molecule is COc1cccc([C@H]2C(C(=O)Nc3cccc(F)c3)=C(C)NC3=C2C(=O)C[C@H](c2cccs2)C3)c1. The lowest BCUT2D eigenvalue weighted by Gasteiger charge is -2.36. The summed E-state index contributed by atoms with van der Waals surface area (Å²) in [5.41, 5.74) is 3.72. The molecule has 1 aliphatic heterocycles. The standard InChI is InChI=1S/C28H25FN2O3S/c1-16-25(28(33)31-20-8-4-7-19(29)15-20)26(17-6-3-9-21(12-17)34-2)27-22(30-16)13-18(14-23(27)32)24-10-5-11-35-24/h3-12,15,18,26,30H,13-14H2,1-2H3,(H,31,33)/t18-,26+/m1/s1. The summed E-state index contributed by atoms with van der Waals surface area (Å²) in [6.45, 7) is 1.84. The first-order valence-corrected chi connectivity index (χ1v) is 12.3. The molecule has 5 rings (SSSR count). The first-order valence-electron chi connectivity index (χ1n) is 11.4. The molecule has 2 atom stereocenters. The molecule has 35 heavy (non-hydrogen) atoms. The highest BCUT2D eigenvalue weighted by Crippen LogP contribution is 2.46. The highest BCUT2D eigenvalue weighted by atomic mass is 32.1. The van der Waals surface area contributed by atoms with Crippen LogP contribution in [0.15, 0.2) is 88.6 Å². The minimum absolute atomic E-state index is 0.0218. The van der Waals surface area contributed by atoms with Crippen molar-refractivity contribution in [3.8, 4) is 5.75 Å². The van der Waals surface area contributed by atoms with E-state index in [9.17, 15) is 14.0 Å². The van der Waals surface area contributed by atoms with Gasteiger partial charge in [-0.2, -0.15) is 0 Å². The average Bonchev–Trinajstić information content (AvgIpc) is 3.38. The summed E-state index contributed by atoms with van der Waals surface area (Å²) in [6, 6.07) is 17.3. The number of hydrogen-bond acceptors (Lipinski definition) is 5. The number of carbonyl (C=O) groups excluding carboxylic acids is 2. The minimum atomic E-state index is -0.563. The molecule has 2 heterocycles. The Morgan fingerprint density at radius 3 is 2.69 bits per heavy atom. The van der Waals surface area contributed by atoms with E-state index >= 15 is 0 Å². The zero-order valence-electron chi connectivity index (χ0n) is 19.4. The van der Waals surface area contributed by atoms with Crippen LogP contribution < -0.4 is 15.4 Å². The Balaban J connectivity index is 1.58. The topological polar surface area (TPSA) is 67.4 Å². The summed E-state index contributed by atoms with van der Waals surface area (Å²) in [7, 11) is 1.59. The van der Waals surface area contributed by atoms with Gasteiger partial charge in [0.05, 0.1) is 7.11 Å². The number of amides is 1. The quantitative estimate of drug-likeness (QED) is 0.470. The molecule has 7 heteroatoms. The number of benzene rings is 2. The van der Waals surface area contributed by atoms with Gasteiger partial charge in [0.25, 0.3) is 5.91 Å². The largest absolute Gasteiger partial charge is 0.497 e. The van der Waals surface area contributed by atoms with E-state index in [4.69, 9.17) is 4.74 Å². The van der Waals surface area contributed by atoms with Crippen molar-refractivity contribution >= 4 is 28.7 Å². The molecular weight excluding hydrogens is 463 g/mol. The molecule has 0 radical (unpaired) electrons. The van der Waals surface area contributed by atoms with Crippen molar-refractivity contribution in [1.29, 1.82) is 0 Å². The van der Waals surface area contributed by atoms with Crippen LogP contribution in [-0.2, 0) is 9.59 Å². The summed E-state index contributed by atoms with van der Waals surface area (Å²) in [6.07, 6.45) is 1.08. The van der Waals surface area contributed by atoms with E-state index in [1.54, 1.807) is 30.6 Å². The van der Waals surface area contributed by atoms with E-state index in [2.05, 4.69) is 16.7 Å². The lowest BCUT2D eigenvalue weighted by Crippen LogP contribution is -2.37. The summed E-state index contributed by atoms with van der Waals surface area (Å²) in [5, 5.41) is 8.21. The second-order valence-corrected chi connectivity index (χ2v) is 9.75. The number of halogens is 1. The van der Waals surface area contributed by atoms with Gasteiger partial charge in [0.1, 0.15) is 11.6 Å². The Kier molecular flexibility index (Phi) is 6.26. The Morgan fingerprint density at radius 1 is 1.11 bits per heavy atom. The number of hydrogen-bond donors (Lipinski definition) is 2. The molecule has 2 aromatic carbocycles. The molecular formula is C28H25FN2O3S. The third-order valence-electron chi connectivity index (χ3n) is 6.53. The zero-order chi connectivity index (χ0) is 24.5. The van der Waals surface area contributed by atoms with Crippen molar-refractivity contribution in [3.63, 3.8) is 0 Å². The van der Waals surface area contributed by atoms with Gasteiger partial charge in [0.2, 0.25) is 0 Å². The molecule has 2 N–H and O–H groups in total. The fraction of sp³-hybridized carbons (Fsp3) is 0.214. The highest BCUT2D eigenvalue weighted by Gasteiger charge is 2.41. The van der Waals surface area contributed by atoms with Crippen molar-refractivity contribution in [3.05, 3.63) is 105 Å². The van der Waals surface area contributed by atoms with Gasteiger partial charge in [0.15, 0.2) is 5.78 Å². The van der Waals surface area contributed by atoms with Crippen molar-refractivity contribution in [2.45, 2.75) is 31.6 Å². The van der Waals surface area contributed by atoms with Gasteiger partial charge in [-0.1, -0.05) is 24.3 Å². The second-order valence-electron chi connectivity index (χ2n) is 8.77. The van der Waals surface area contributed by atoms with E-state index in [1.165, 1.54) is 17.0 Å². The van der Waals surface area contributed by atoms with Crippen LogP contribution in [0.2, 0.25) is 0 Å². The summed E-state index contributed by atoms with van der Waals surface area (Å²) in [5.74, 6) is -0.610. The molecule has 0 bridgehead atoms. The summed E-state index contributed by atoms with van der Waals surface area (Å²) in [4.78, 5) is 28.4. The van der Waals surface area contributed by atoms with E-state index in [0.29, 0.717) is 41.1 Å². The maximum Gasteiger partial charge on any atom is 0.254 e. The van der Waals surface area contributed by atoms with Crippen LogP contribution in [0.1, 0.15) is 42.0 Å². The predicted octanol–water partition coefficient (Wildman–Crippen LogP) is 5.90. The van der Waals surface area contributed by atoms with E-state index in [0.717, 1.165) is 11.3 Å². The third kappa shape index (κ3) is 4.51. The number of rotatable bonds is 5. The minimum Gasteiger partial charge on any atom is -0.497 e. The van der Waals surface area contributed by atoms with Crippen molar-refractivity contribution in [2.24, 2.45) is 0 Å². The van der Waals surface area contributed by atoms with Crippen LogP contribution in [0.3, 0.4) is 0 Å². The maximum absolute atomic E-state index is 13.7. The van der Waals surface area contributed by atoms with Crippen LogP contribution in [0.25, 0.3) is 0 Å². The number of ether oxygens (including phenoxy) is 1. The van der Waals surface area contributed by atoms with Crippen LogP contribution in [-0.4, -0.2) is 18.8 Å². The highest BCUT2D eigenvalue weighted by molar-refractivity contribution is 7.10. The van der Waals surface area contributed by atoms with Crippen LogP contribution in [0.5, 0.6) is 5.75 Å². The molecule has 0 saturated carbocycles. The summed E-state index contributed by atoms with van der Waals surface area (Å²) >= 11 is 1.66. The van der Waals surface area contributed by atoms with E-state index < -0.39 is 11.7 Å². The van der Waals surface area contributed by atoms with Crippen LogP contribution in [0.4, 0.5) is 10.1 Å². The van der Waals surface area contributed by atoms with E-state index in [-0.39, 0.29) is 17.6 Å². The fourth-order valence-electron chi connectivity index (χ4n) is 4.98. The maximum atomic E-state index is 13.7. The molecule has 5 nitrogen and oxygen atoms in total. The lowest BCUT2D eigenvalue weighted by atomic mass is 9.72. The zero-order valence-corrected chi connectivity index (χ0v) is 20.2. The Labute approximate surface area is 207 Å². The number of dihydropyridines is 1. The van der Waals surface area contributed by atoms with Gasteiger partial charge in [-0.05, 0) is 60.7 Å². The van der Waals surface area contributed by atoms with Crippen LogP contribution >= 0.6 is 11.3 Å². The fourth-order valence-corrected chi connectivity index (χ4v) is 5.81. The predicted molar refractivity (Wildman–Crippen MR) is 135 cm³/mol. The molecule has 3 aromatic rings. The number of Topliss-reactive ketones (excluding diaryl/α,β-unsaturated/α-hetero) is 1. The average molecular weight is 489 g/mol. The second kappa shape index (κ2) is 9.50. The molecule has 1 amide bonds. The molecule has 0 spiro atoms.